The molecule has 1 rings (SSSR count). The lowest BCUT2D eigenvalue weighted by atomic mass is 10.3. The monoisotopic (exact) mass is 471 g/mol. The van der Waals surface area contributed by atoms with Gasteiger partial charge in [-0.3, -0.25) is 9.00 Å². The number of carbonyl (C=O) groups excluding carboxylic acids is 1. The molecule has 0 aliphatic heterocycles. The van der Waals surface area contributed by atoms with E-state index in [2.05, 4.69) is 10.1 Å². The summed E-state index contributed by atoms with van der Waals surface area (Å²) in [5.74, 6) is -1.12. The molecule has 1 N–H and O–H groups in total. The fourth-order valence-electron chi connectivity index (χ4n) is 2.12. The maximum Gasteiger partial charge on any atom is 0.390 e. The largest absolute Gasteiger partial charge is 0.411 e. The smallest absolute Gasteiger partial charge is 0.390 e. The van der Waals surface area contributed by atoms with Gasteiger partial charge in [0.25, 0.3) is 0 Å². The van der Waals surface area contributed by atoms with Crippen LogP contribution in [0.4, 0.5) is 18.2 Å². The third-order valence-electron chi connectivity index (χ3n) is 3.50. The summed E-state index contributed by atoms with van der Waals surface area (Å²) in [6.45, 7) is 3.76. The van der Waals surface area contributed by atoms with Crippen molar-refractivity contribution in [2.24, 2.45) is 5.16 Å². The molecule has 162 valence electrons. The first-order chi connectivity index (χ1) is 13.6. The molecule has 1 aromatic rings. The van der Waals surface area contributed by atoms with E-state index >= 15 is 0 Å². The molecule has 0 aliphatic rings. The second-order valence-corrected chi connectivity index (χ2v) is 8.64. The van der Waals surface area contributed by atoms with E-state index in [4.69, 9.17) is 16.8 Å². The van der Waals surface area contributed by atoms with Crippen molar-refractivity contribution in [3.63, 3.8) is 0 Å². The number of thiazole rings is 1. The van der Waals surface area contributed by atoms with Crippen LogP contribution in [-0.2, 0) is 15.6 Å². The van der Waals surface area contributed by atoms with E-state index < -0.39 is 35.1 Å². The number of halogens is 4. The number of hydrogen-bond donors (Lipinski definition) is 1. The second-order valence-electron chi connectivity index (χ2n) is 5.61. The summed E-state index contributed by atoms with van der Waals surface area (Å²) in [6, 6.07) is 0. The third-order valence-corrected chi connectivity index (χ3v) is 6.32. The summed E-state index contributed by atoms with van der Waals surface area (Å²) in [5, 5.41) is 12.6. The molecule has 0 aliphatic carbocycles. The summed E-state index contributed by atoms with van der Waals surface area (Å²) < 4.78 is 48.3. The maximum absolute atomic E-state index is 12.5. The van der Waals surface area contributed by atoms with Crippen molar-refractivity contribution >= 4 is 56.4 Å². The number of nitrogens with zero attached hydrogens (tertiary/aromatic N) is 3. The Morgan fingerprint density at radius 3 is 2.66 bits per heavy atom. The molecular formula is C17H21ClF3N3O3S2. The molecule has 0 saturated carbocycles. The van der Waals surface area contributed by atoms with Crippen molar-refractivity contribution in [3.05, 3.63) is 28.4 Å². The van der Waals surface area contributed by atoms with Crippen LogP contribution in [0.2, 0.25) is 5.15 Å². The lowest BCUT2D eigenvalue weighted by Crippen LogP contribution is -2.31. The quantitative estimate of drug-likeness (QED) is 0.233. The SMILES string of the molecule is C\C=C/C=C(\C=N\O)c1nc(Cl)c(N(CC)C(=O)CCS(=O)CCC(F)(F)F)s1. The molecule has 12 heteroatoms. The molecule has 1 heterocycles. The fraction of sp³-hybridized carbons (Fsp3) is 0.471. The van der Waals surface area contributed by atoms with Gasteiger partial charge in [0, 0.05) is 40.8 Å². The first-order valence-electron chi connectivity index (χ1n) is 8.52. The number of carbonyl (C=O) groups is 1. The molecule has 0 bridgehead atoms. The molecule has 6 nitrogen and oxygen atoms in total. The summed E-state index contributed by atoms with van der Waals surface area (Å²) in [6.07, 6.45) is 0.608. The molecule has 0 aromatic carbocycles. The van der Waals surface area contributed by atoms with E-state index in [1.807, 2.05) is 0 Å². The van der Waals surface area contributed by atoms with Gasteiger partial charge < -0.3 is 10.1 Å². The minimum Gasteiger partial charge on any atom is -0.411 e. The summed E-state index contributed by atoms with van der Waals surface area (Å²) >= 11 is 7.27. The number of allylic oxidation sites excluding steroid dienone is 4. The first-order valence-corrected chi connectivity index (χ1v) is 11.2. The highest BCUT2D eigenvalue weighted by molar-refractivity contribution is 7.84. The Morgan fingerprint density at radius 1 is 1.41 bits per heavy atom. The molecule has 29 heavy (non-hydrogen) atoms. The number of rotatable bonds is 10. The van der Waals surface area contributed by atoms with Gasteiger partial charge in [0.05, 0.1) is 12.6 Å². The lowest BCUT2D eigenvalue weighted by Gasteiger charge is -2.19. The number of amides is 1. The number of aromatic nitrogens is 1. The van der Waals surface area contributed by atoms with Gasteiger partial charge in [-0.25, -0.2) is 4.98 Å². The molecule has 1 aromatic heterocycles. The van der Waals surface area contributed by atoms with Gasteiger partial charge in [-0.1, -0.05) is 46.3 Å². The molecular weight excluding hydrogens is 451 g/mol. The molecule has 0 saturated heterocycles. The van der Waals surface area contributed by atoms with Crippen LogP contribution in [0.15, 0.2) is 23.4 Å². The second kappa shape index (κ2) is 12.1. The Bertz CT molecular complexity index is 808. The van der Waals surface area contributed by atoms with Crippen LogP contribution in [0.3, 0.4) is 0 Å². The summed E-state index contributed by atoms with van der Waals surface area (Å²) in [5.41, 5.74) is 0.473. The Morgan fingerprint density at radius 2 is 2.10 bits per heavy atom. The zero-order chi connectivity index (χ0) is 22.0. The Balaban J connectivity index is 2.91. The van der Waals surface area contributed by atoms with E-state index in [9.17, 15) is 22.2 Å². The summed E-state index contributed by atoms with van der Waals surface area (Å²) in [4.78, 5) is 18.0. The van der Waals surface area contributed by atoms with Crippen LogP contribution >= 0.6 is 22.9 Å². The van der Waals surface area contributed by atoms with Gasteiger partial charge >= 0.3 is 6.18 Å². The highest BCUT2D eigenvalue weighted by Crippen LogP contribution is 2.35. The normalized spacial score (nSPS) is 14.1. The van der Waals surface area contributed by atoms with Crippen molar-refractivity contribution < 1.29 is 27.4 Å². The van der Waals surface area contributed by atoms with Crippen molar-refractivity contribution in [1.82, 2.24) is 4.98 Å². The highest BCUT2D eigenvalue weighted by atomic mass is 35.5. The average molecular weight is 472 g/mol. The Hall–Kier alpha value is -1.72. The van der Waals surface area contributed by atoms with E-state index in [0.717, 1.165) is 11.3 Å². The van der Waals surface area contributed by atoms with Crippen molar-refractivity contribution in [1.29, 1.82) is 0 Å². The molecule has 0 radical (unpaired) electrons. The molecule has 0 fully saturated rings. The van der Waals surface area contributed by atoms with E-state index in [0.29, 0.717) is 15.6 Å². The van der Waals surface area contributed by atoms with Crippen molar-refractivity contribution in [2.75, 3.05) is 23.0 Å². The van der Waals surface area contributed by atoms with E-state index in [-0.39, 0.29) is 23.9 Å². The van der Waals surface area contributed by atoms with Crippen LogP contribution in [0, 0.1) is 0 Å². The third kappa shape index (κ3) is 8.67. The number of anilines is 1. The van der Waals surface area contributed by atoms with Crippen LogP contribution in [-0.4, -0.2) is 50.7 Å². The van der Waals surface area contributed by atoms with Gasteiger partial charge in [0.15, 0.2) is 5.15 Å². The topological polar surface area (TPSA) is 82.9 Å². The first kappa shape index (κ1) is 25.3. The minimum absolute atomic E-state index is 0.0658. The maximum atomic E-state index is 12.5. The zero-order valence-electron chi connectivity index (χ0n) is 15.8. The minimum atomic E-state index is -4.38. The predicted molar refractivity (Wildman–Crippen MR) is 111 cm³/mol. The van der Waals surface area contributed by atoms with Gasteiger partial charge in [-0.15, -0.1) is 0 Å². The van der Waals surface area contributed by atoms with E-state index in [1.165, 1.54) is 11.1 Å². The zero-order valence-corrected chi connectivity index (χ0v) is 18.2. The van der Waals surface area contributed by atoms with Crippen LogP contribution < -0.4 is 4.90 Å². The van der Waals surface area contributed by atoms with E-state index in [1.54, 1.807) is 32.1 Å². The summed E-state index contributed by atoms with van der Waals surface area (Å²) in [7, 11) is -1.75. The number of hydrogen-bond acceptors (Lipinski definition) is 6. The van der Waals surface area contributed by atoms with Gasteiger partial charge in [0.2, 0.25) is 5.91 Å². The van der Waals surface area contributed by atoms with Crippen molar-refractivity contribution in [3.8, 4) is 0 Å². The molecule has 1 unspecified atom stereocenters. The Labute approximate surface area is 178 Å². The number of alkyl halides is 3. The van der Waals surface area contributed by atoms with Gasteiger partial charge in [-0.2, -0.15) is 13.2 Å². The van der Waals surface area contributed by atoms with Crippen LogP contribution in [0.25, 0.3) is 5.57 Å². The Kier molecular flexibility index (Phi) is 10.5. The molecule has 1 amide bonds. The van der Waals surface area contributed by atoms with Crippen molar-refractivity contribution in [2.45, 2.75) is 32.9 Å². The molecule has 0 spiro atoms. The lowest BCUT2D eigenvalue weighted by molar-refractivity contribution is -0.129. The van der Waals surface area contributed by atoms with Crippen LogP contribution in [0.1, 0.15) is 31.7 Å². The number of oxime groups is 1. The predicted octanol–water partition coefficient (Wildman–Crippen LogP) is 4.66. The van der Waals surface area contributed by atoms with Gasteiger partial charge in [0.1, 0.15) is 10.0 Å². The fourth-order valence-corrected chi connectivity index (χ4v) is 4.56. The average Bonchev–Trinajstić information content (AvgIpc) is 3.03. The van der Waals surface area contributed by atoms with Gasteiger partial charge in [-0.05, 0) is 13.8 Å². The van der Waals surface area contributed by atoms with Crippen LogP contribution in [0.5, 0.6) is 0 Å². The molecule has 1 atom stereocenters. The standard InChI is InChI=1S/C17H21ClF3N3O3S2/c1-3-5-6-12(11-22-26)15-23-14(18)16(28-15)24(4-2)13(25)7-9-29(27)10-8-17(19,20)21/h3,5-6,11,26H,4,7-10H2,1-2H3/b5-3-,12-6+,22-11+. The highest BCUT2D eigenvalue weighted by Gasteiger charge is 2.28.